The van der Waals surface area contributed by atoms with Crippen LogP contribution in [0.4, 0.5) is 39.0 Å². The lowest BCUT2D eigenvalue weighted by atomic mass is 9.79. The maximum atomic E-state index is 13.8. The lowest BCUT2D eigenvalue weighted by Crippen LogP contribution is -2.18. The molecule has 8 heteroatoms. The van der Waals surface area contributed by atoms with Gasteiger partial charge in [-0.25, -0.2) is 8.78 Å². The number of anilines is 3. The first kappa shape index (κ1) is 22.8. The first-order chi connectivity index (χ1) is 15.6. The molecule has 3 aromatic carbocycles. The van der Waals surface area contributed by atoms with E-state index in [0.717, 1.165) is 55.2 Å². The Kier molecular flexibility index (Phi) is 6.10. The van der Waals surface area contributed by atoms with Gasteiger partial charge >= 0.3 is 6.18 Å². The van der Waals surface area contributed by atoms with Crippen LogP contribution >= 0.6 is 0 Å². The summed E-state index contributed by atoms with van der Waals surface area (Å²) >= 11 is 0. The quantitative estimate of drug-likeness (QED) is 0.406. The van der Waals surface area contributed by atoms with Gasteiger partial charge in [0, 0.05) is 24.1 Å². The molecule has 0 spiro atoms. The Balaban J connectivity index is 1.58. The molecule has 0 saturated heterocycles. The lowest BCUT2D eigenvalue weighted by Gasteiger charge is -2.32. The van der Waals surface area contributed by atoms with Gasteiger partial charge in [-0.2, -0.15) is 13.2 Å². The molecule has 1 aliphatic carbocycles. The van der Waals surface area contributed by atoms with E-state index in [9.17, 15) is 26.7 Å². The first-order valence-electron chi connectivity index (χ1n) is 10.5. The molecule has 1 amide bonds. The molecule has 0 radical (unpaired) electrons. The minimum Gasteiger partial charge on any atom is -0.344 e. The third-order valence-electron chi connectivity index (χ3n) is 5.97. The van der Waals surface area contributed by atoms with Gasteiger partial charge in [0.2, 0.25) is 0 Å². The molecule has 3 nitrogen and oxygen atoms in total. The van der Waals surface area contributed by atoms with Crippen molar-refractivity contribution in [2.24, 2.45) is 0 Å². The number of nitrogens with one attached hydrogen (secondary N) is 1. The second-order valence-corrected chi connectivity index (χ2v) is 8.06. The Bertz CT molecular complexity index is 1150. The van der Waals surface area contributed by atoms with Gasteiger partial charge in [-0.1, -0.05) is 18.6 Å². The van der Waals surface area contributed by atoms with E-state index in [2.05, 4.69) is 5.32 Å². The predicted molar refractivity (Wildman–Crippen MR) is 117 cm³/mol. The van der Waals surface area contributed by atoms with Crippen LogP contribution in [0.25, 0.3) is 0 Å². The highest BCUT2D eigenvalue weighted by atomic mass is 19.4. The van der Waals surface area contributed by atoms with E-state index in [0.29, 0.717) is 17.1 Å². The molecule has 0 aliphatic heterocycles. The molecule has 4 rings (SSSR count). The van der Waals surface area contributed by atoms with Gasteiger partial charge in [0.05, 0.1) is 5.56 Å². The summed E-state index contributed by atoms with van der Waals surface area (Å²) in [6.07, 6.45) is -1.54. The monoisotopic (exact) mass is 460 g/mol. The zero-order valence-electron chi connectivity index (χ0n) is 17.7. The number of nitrogens with zero attached hydrogens (tertiary/aromatic N) is 1. The lowest BCUT2D eigenvalue weighted by molar-refractivity contribution is -0.137. The zero-order chi connectivity index (χ0) is 23.8. The van der Waals surface area contributed by atoms with Gasteiger partial charge in [0.25, 0.3) is 5.91 Å². The van der Waals surface area contributed by atoms with Crippen molar-refractivity contribution in [3.05, 3.63) is 89.0 Å². The van der Waals surface area contributed by atoms with E-state index < -0.39 is 34.8 Å². The summed E-state index contributed by atoms with van der Waals surface area (Å²) < 4.78 is 67.6. The fraction of sp³-hybridized carbons (Fsp3) is 0.240. The van der Waals surface area contributed by atoms with Gasteiger partial charge in [0.1, 0.15) is 17.2 Å². The van der Waals surface area contributed by atoms with Crippen LogP contribution in [0.15, 0.2) is 60.7 Å². The molecule has 0 heterocycles. The molecule has 1 N–H and O–H groups in total. The van der Waals surface area contributed by atoms with Gasteiger partial charge < -0.3 is 10.2 Å². The number of amides is 1. The number of halogens is 5. The Morgan fingerprint density at radius 2 is 1.61 bits per heavy atom. The molecule has 1 aliphatic rings. The van der Waals surface area contributed by atoms with Crippen LogP contribution < -0.4 is 10.2 Å². The number of alkyl halides is 3. The average Bonchev–Trinajstić information content (AvgIpc) is 2.72. The maximum absolute atomic E-state index is 13.8. The van der Waals surface area contributed by atoms with Crippen LogP contribution in [0.2, 0.25) is 0 Å². The SMILES string of the molecule is CN(c1ccc(NC(=O)c2c(F)cccc2F)cc1)c1cc(C(F)(F)F)ccc1C1CCC1. The third kappa shape index (κ3) is 4.69. The standard InChI is InChI=1S/C25H21F5N2O/c1-32(22-14-16(25(28,29)30)8-13-19(22)15-4-2-5-15)18-11-9-17(10-12-18)31-24(33)23-20(26)6-3-7-21(23)27/h3,6-15H,2,4-5H2,1H3,(H,31,33). The first-order valence-corrected chi connectivity index (χ1v) is 10.5. The van der Waals surface area contributed by atoms with Gasteiger partial charge in [-0.05, 0) is 72.9 Å². The largest absolute Gasteiger partial charge is 0.416 e. The van der Waals surface area contributed by atoms with Crippen LogP contribution in [0.5, 0.6) is 0 Å². The molecule has 3 aromatic rings. The summed E-state index contributed by atoms with van der Waals surface area (Å²) in [5, 5.41) is 2.44. The van der Waals surface area contributed by atoms with E-state index in [-0.39, 0.29) is 5.92 Å². The second kappa shape index (κ2) is 8.84. The Labute approximate surface area is 187 Å². The highest BCUT2D eigenvalue weighted by Crippen LogP contribution is 2.44. The smallest absolute Gasteiger partial charge is 0.344 e. The Morgan fingerprint density at radius 3 is 2.15 bits per heavy atom. The van der Waals surface area contributed by atoms with Crippen LogP contribution in [0, 0.1) is 11.6 Å². The molecule has 1 fully saturated rings. The maximum Gasteiger partial charge on any atom is 0.416 e. The summed E-state index contributed by atoms with van der Waals surface area (Å²) in [7, 11) is 1.68. The predicted octanol–water partition coefficient (Wildman–Crippen LogP) is 7.27. The van der Waals surface area contributed by atoms with Crippen molar-refractivity contribution in [2.75, 3.05) is 17.3 Å². The van der Waals surface area contributed by atoms with Crippen molar-refractivity contribution in [1.82, 2.24) is 0 Å². The Morgan fingerprint density at radius 1 is 0.970 bits per heavy atom. The number of carbonyl (C=O) groups is 1. The highest BCUT2D eigenvalue weighted by molar-refractivity contribution is 6.04. The summed E-state index contributed by atoms with van der Waals surface area (Å²) in [5.74, 6) is -2.66. The molecule has 33 heavy (non-hydrogen) atoms. The van der Waals surface area contributed by atoms with Crippen molar-refractivity contribution in [3.8, 4) is 0 Å². The van der Waals surface area contributed by atoms with Crippen LogP contribution in [0.1, 0.15) is 46.7 Å². The number of benzene rings is 3. The van der Waals surface area contributed by atoms with E-state index >= 15 is 0 Å². The third-order valence-corrected chi connectivity index (χ3v) is 5.97. The molecular weight excluding hydrogens is 439 g/mol. The van der Waals surface area contributed by atoms with E-state index in [1.807, 2.05) is 0 Å². The van der Waals surface area contributed by atoms with Crippen molar-refractivity contribution < 1.29 is 26.7 Å². The molecule has 172 valence electrons. The van der Waals surface area contributed by atoms with E-state index in [1.165, 1.54) is 12.1 Å². The van der Waals surface area contributed by atoms with Crippen LogP contribution in [-0.4, -0.2) is 13.0 Å². The second-order valence-electron chi connectivity index (χ2n) is 8.06. The van der Waals surface area contributed by atoms with Crippen molar-refractivity contribution >= 4 is 23.0 Å². The van der Waals surface area contributed by atoms with Gasteiger partial charge in [-0.3, -0.25) is 4.79 Å². The fourth-order valence-electron chi connectivity index (χ4n) is 3.89. The molecular formula is C25H21F5N2O. The zero-order valence-corrected chi connectivity index (χ0v) is 17.7. The highest BCUT2D eigenvalue weighted by Gasteiger charge is 2.33. The number of rotatable bonds is 5. The minimum absolute atomic E-state index is 0.221. The van der Waals surface area contributed by atoms with Crippen LogP contribution in [-0.2, 0) is 6.18 Å². The number of hydrogen-bond acceptors (Lipinski definition) is 2. The summed E-state index contributed by atoms with van der Waals surface area (Å²) in [5.41, 5.74) is 0.827. The van der Waals surface area contributed by atoms with E-state index in [4.69, 9.17) is 0 Å². The van der Waals surface area contributed by atoms with Crippen molar-refractivity contribution in [2.45, 2.75) is 31.4 Å². The molecule has 0 atom stereocenters. The summed E-state index contributed by atoms with van der Waals surface area (Å²) in [6.45, 7) is 0. The average molecular weight is 460 g/mol. The topological polar surface area (TPSA) is 32.3 Å². The van der Waals surface area contributed by atoms with Crippen molar-refractivity contribution in [3.63, 3.8) is 0 Å². The number of hydrogen-bond donors (Lipinski definition) is 1. The molecule has 0 aromatic heterocycles. The fourth-order valence-corrected chi connectivity index (χ4v) is 3.89. The van der Waals surface area contributed by atoms with E-state index in [1.54, 1.807) is 30.1 Å². The summed E-state index contributed by atoms with van der Waals surface area (Å²) in [4.78, 5) is 14.0. The number of carbonyl (C=O) groups excluding carboxylic acids is 1. The van der Waals surface area contributed by atoms with Gasteiger partial charge in [0.15, 0.2) is 0 Å². The normalized spacial score (nSPS) is 14.0. The molecule has 1 saturated carbocycles. The molecule has 0 unspecified atom stereocenters. The summed E-state index contributed by atoms with van der Waals surface area (Å²) in [6, 6.07) is 13.3. The van der Waals surface area contributed by atoms with Crippen molar-refractivity contribution in [1.29, 1.82) is 0 Å². The molecule has 0 bridgehead atoms. The van der Waals surface area contributed by atoms with Crippen LogP contribution in [0.3, 0.4) is 0 Å². The Hall–Kier alpha value is -3.42. The minimum atomic E-state index is -4.45. The van der Waals surface area contributed by atoms with Gasteiger partial charge in [-0.15, -0.1) is 0 Å².